The molecule has 0 bridgehead atoms. The summed E-state index contributed by atoms with van der Waals surface area (Å²) in [5, 5.41) is 6.35. The first kappa shape index (κ1) is 21.5. The third kappa shape index (κ3) is 4.77. The molecule has 1 heterocycles. The van der Waals surface area contributed by atoms with Crippen molar-refractivity contribution in [2.24, 2.45) is 5.10 Å². The van der Waals surface area contributed by atoms with Gasteiger partial charge >= 0.3 is 5.97 Å². The van der Waals surface area contributed by atoms with Gasteiger partial charge in [0.2, 0.25) is 0 Å². The number of fused-ring (bicyclic) bond motifs is 1. The number of pyridine rings is 1. The molecule has 0 aliphatic rings. The highest BCUT2D eigenvalue weighted by Gasteiger charge is 2.16. The highest BCUT2D eigenvalue weighted by Crippen LogP contribution is 2.29. The number of esters is 1. The van der Waals surface area contributed by atoms with Crippen molar-refractivity contribution in [3.05, 3.63) is 106 Å². The highest BCUT2D eigenvalue weighted by atomic mass is 35.5. The number of nitrogens with one attached hydrogen (secondary N) is 1. The molecule has 0 atom stereocenters. The van der Waals surface area contributed by atoms with Gasteiger partial charge in [-0.1, -0.05) is 53.5 Å². The number of aromatic nitrogens is 1. The van der Waals surface area contributed by atoms with Crippen LogP contribution in [0.2, 0.25) is 10.0 Å². The molecule has 0 radical (unpaired) electrons. The maximum absolute atomic E-state index is 12.7. The molecule has 0 saturated heterocycles. The highest BCUT2D eigenvalue weighted by molar-refractivity contribution is 6.36. The molecule has 4 aromatic rings. The first-order valence-corrected chi connectivity index (χ1v) is 10.2. The number of nitrogens with zero attached hydrogens (tertiary/aromatic N) is 2. The minimum absolute atomic E-state index is 0.178. The fourth-order valence-corrected chi connectivity index (χ4v) is 3.51. The van der Waals surface area contributed by atoms with Gasteiger partial charge in [-0.15, -0.1) is 0 Å². The molecule has 3 aromatic carbocycles. The number of benzene rings is 3. The van der Waals surface area contributed by atoms with E-state index in [1.54, 1.807) is 30.5 Å². The van der Waals surface area contributed by atoms with Gasteiger partial charge in [-0.05, 0) is 47.2 Å². The Bertz CT molecular complexity index is 1340. The van der Waals surface area contributed by atoms with Gasteiger partial charge < -0.3 is 4.74 Å². The second-order valence-corrected chi connectivity index (χ2v) is 7.50. The lowest BCUT2D eigenvalue weighted by atomic mass is 10.0. The van der Waals surface area contributed by atoms with Crippen LogP contribution in [0.3, 0.4) is 0 Å². The number of carbonyl (C=O) groups is 2. The minimum Gasteiger partial charge on any atom is -0.422 e. The van der Waals surface area contributed by atoms with Crippen molar-refractivity contribution in [1.29, 1.82) is 0 Å². The summed E-state index contributed by atoms with van der Waals surface area (Å²) < 4.78 is 5.62. The first-order chi connectivity index (χ1) is 15.5. The molecule has 1 N–H and O–H groups in total. The average Bonchev–Trinajstić information content (AvgIpc) is 2.80. The van der Waals surface area contributed by atoms with Crippen molar-refractivity contribution in [2.45, 2.75) is 0 Å². The summed E-state index contributed by atoms with van der Waals surface area (Å²) in [7, 11) is 0. The van der Waals surface area contributed by atoms with Gasteiger partial charge in [-0.25, -0.2) is 10.2 Å². The summed E-state index contributed by atoms with van der Waals surface area (Å²) >= 11 is 12.0. The molecule has 1 amide bonds. The second kappa shape index (κ2) is 9.60. The first-order valence-electron chi connectivity index (χ1n) is 9.45. The van der Waals surface area contributed by atoms with Crippen molar-refractivity contribution >= 4 is 52.1 Å². The zero-order valence-corrected chi connectivity index (χ0v) is 18.0. The Labute approximate surface area is 193 Å². The monoisotopic (exact) mass is 463 g/mol. The predicted octanol–water partition coefficient (Wildman–Crippen LogP) is 5.52. The van der Waals surface area contributed by atoms with Crippen LogP contribution in [0.25, 0.3) is 10.8 Å². The summed E-state index contributed by atoms with van der Waals surface area (Å²) in [6, 6.07) is 18.8. The lowest BCUT2D eigenvalue weighted by Gasteiger charge is -2.11. The van der Waals surface area contributed by atoms with Crippen LogP contribution >= 0.6 is 23.2 Å². The zero-order chi connectivity index (χ0) is 22.5. The summed E-state index contributed by atoms with van der Waals surface area (Å²) in [4.78, 5) is 28.9. The fraction of sp³-hybridized carbons (Fsp3) is 0. The van der Waals surface area contributed by atoms with Crippen LogP contribution in [0.4, 0.5) is 0 Å². The van der Waals surface area contributed by atoms with Crippen LogP contribution in [0.1, 0.15) is 26.3 Å². The number of carbonyl (C=O) groups excluding carboxylic acids is 2. The van der Waals surface area contributed by atoms with E-state index in [-0.39, 0.29) is 16.3 Å². The number of hydrogen-bond acceptors (Lipinski definition) is 5. The number of hydrazone groups is 1. The molecular formula is C24H15Cl2N3O3. The third-order valence-corrected chi connectivity index (χ3v) is 5.12. The molecule has 32 heavy (non-hydrogen) atoms. The standard InChI is InChI=1S/C24H15Cl2N3O3/c25-17-8-9-19(21(26)12-17)24(31)32-22-10-7-15-4-1-2-6-18(15)20(22)14-28-29-23(30)16-5-3-11-27-13-16/h1-14H,(H,29,30)/b28-14-. The van der Waals surface area contributed by atoms with Crippen LogP contribution < -0.4 is 10.2 Å². The van der Waals surface area contributed by atoms with Crippen molar-refractivity contribution in [2.75, 3.05) is 0 Å². The van der Waals surface area contributed by atoms with Gasteiger partial charge in [-0.3, -0.25) is 9.78 Å². The Hall–Kier alpha value is -3.74. The van der Waals surface area contributed by atoms with E-state index in [2.05, 4.69) is 15.5 Å². The third-order valence-electron chi connectivity index (χ3n) is 4.57. The molecule has 8 heteroatoms. The van der Waals surface area contributed by atoms with Crippen LogP contribution in [-0.2, 0) is 0 Å². The molecule has 1 aromatic heterocycles. The molecule has 0 saturated carbocycles. The van der Waals surface area contributed by atoms with Crippen LogP contribution in [-0.4, -0.2) is 23.1 Å². The Morgan fingerprint density at radius 2 is 1.84 bits per heavy atom. The zero-order valence-electron chi connectivity index (χ0n) is 16.5. The second-order valence-electron chi connectivity index (χ2n) is 6.65. The van der Waals surface area contributed by atoms with E-state index >= 15 is 0 Å². The minimum atomic E-state index is -0.643. The Balaban J connectivity index is 1.65. The number of halogens is 2. The smallest absolute Gasteiger partial charge is 0.345 e. The SMILES string of the molecule is O=C(N/N=C\c1c(OC(=O)c2ccc(Cl)cc2Cl)ccc2ccccc12)c1cccnc1. The molecule has 4 rings (SSSR count). The van der Waals surface area contributed by atoms with Gasteiger partial charge in [0, 0.05) is 23.0 Å². The molecule has 0 unspecified atom stereocenters. The van der Waals surface area contributed by atoms with E-state index in [4.69, 9.17) is 27.9 Å². The number of ether oxygens (including phenoxy) is 1. The number of hydrogen-bond donors (Lipinski definition) is 1. The topological polar surface area (TPSA) is 80.6 Å². The fourth-order valence-electron chi connectivity index (χ4n) is 3.02. The summed E-state index contributed by atoms with van der Waals surface area (Å²) in [5.41, 5.74) is 3.52. The van der Waals surface area contributed by atoms with E-state index in [0.717, 1.165) is 10.8 Å². The molecule has 0 fully saturated rings. The lowest BCUT2D eigenvalue weighted by Crippen LogP contribution is -2.18. The van der Waals surface area contributed by atoms with Crippen molar-refractivity contribution in [1.82, 2.24) is 10.4 Å². The van der Waals surface area contributed by atoms with Gasteiger partial charge in [0.15, 0.2) is 0 Å². The van der Waals surface area contributed by atoms with Crippen molar-refractivity contribution in [3.8, 4) is 5.75 Å². The Morgan fingerprint density at radius 1 is 1.00 bits per heavy atom. The Morgan fingerprint density at radius 3 is 2.62 bits per heavy atom. The van der Waals surface area contributed by atoms with E-state index in [1.807, 2.05) is 30.3 Å². The largest absolute Gasteiger partial charge is 0.422 e. The van der Waals surface area contributed by atoms with Crippen molar-refractivity contribution in [3.63, 3.8) is 0 Å². The maximum Gasteiger partial charge on any atom is 0.345 e. The quantitative estimate of drug-likeness (QED) is 0.182. The number of rotatable bonds is 5. The maximum atomic E-state index is 12.7. The lowest BCUT2D eigenvalue weighted by molar-refractivity contribution is 0.0734. The molecule has 0 spiro atoms. The summed E-state index contributed by atoms with van der Waals surface area (Å²) in [6.45, 7) is 0. The van der Waals surface area contributed by atoms with Gasteiger partial charge in [0.1, 0.15) is 5.75 Å². The average molecular weight is 464 g/mol. The summed E-state index contributed by atoms with van der Waals surface area (Å²) in [5.74, 6) is -0.795. The van der Waals surface area contributed by atoms with E-state index < -0.39 is 11.9 Å². The predicted molar refractivity (Wildman–Crippen MR) is 125 cm³/mol. The molecule has 0 aliphatic heterocycles. The van der Waals surface area contributed by atoms with Gasteiger partial charge in [-0.2, -0.15) is 5.10 Å². The van der Waals surface area contributed by atoms with E-state index in [0.29, 0.717) is 16.1 Å². The van der Waals surface area contributed by atoms with Gasteiger partial charge in [0.25, 0.3) is 5.91 Å². The molecule has 0 aliphatic carbocycles. The van der Waals surface area contributed by atoms with Crippen LogP contribution in [0, 0.1) is 0 Å². The normalized spacial score (nSPS) is 10.9. The van der Waals surface area contributed by atoms with Crippen molar-refractivity contribution < 1.29 is 14.3 Å². The van der Waals surface area contributed by atoms with Crippen LogP contribution in [0.15, 0.2) is 84.2 Å². The van der Waals surface area contributed by atoms with E-state index in [9.17, 15) is 9.59 Å². The number of amides is 1. The van der Waals surface area contributed by atoms with E-state index in [1.165, 1.54) is 24.5 Å². The molecule has 158 valence electrons. The molecule has 6 nitrogen and oxygen atoms in total. The van der Waals surface area contributed by atoms with Crippen LogP contribution in [0.5, 0.6) is 5.75 Å². The molecular weight excluding hydrogens is 449 g/mol. The summed E-state index contributed by atoms with van der Waals surface area (Å²) in [6.07, 6.45) is 4.44. The Kier molecular flexibility index (Phi) is 6.44. The van der Waals surface area contributed by atoms with Gasteiger partial charge in [0.05, 0.1) is 22.4 Å².